The van der Waals surface area contributed by atoms with Gasteiger partial charge in [0, 0.05) is 31.3 Å². The van der Waals surface area contributed by atoms with Gasteiger partial charge in [-0.05, 0) is 20.3 Å². The van der Waals surface area contributed by atoms with Gasteiger partial charge in [-0.3, -0.25) is 4.79 Å². The van der Waals surface area contributed by atoms with Gasteiger partial charge in [0.05, 0.1) is 13.2 Å². The van der Waals surface area contributed by atoms with E-state index in [1.165, 1.54) is 4.90 Å². The highest BCUT2D eigenvalue weighted by molar-refractivity contribution is 6.18. The molecule has 0 aromatic heterocycles. The van der Waals surface area contributed by atoms with E-state index in [2.05, 4.69) is 5.32 Å². The average Bonchev–Trinajstić information content (AvgIpc) is 2.51. The second-order valence-electron chi connectivity index (χ2n) is 4.46. The first-order chi connectivity index (χ1) is 11.0. The second-order valence-corrected chi connectivity index (χ2v) is 5.22. The lowest BCUT2D eigenvalue weighted by Crippen LogP contribution is -2.49. The summed E-state index contributed by atoms with van der Waals surface area (Å²) in [5.41, 5.74) is 0. The molecule has 0 heterocycles. The molecule has 1 atom stereocenters. The van der Waals surface area contributed by atoms with Gasteiger partial charge in [-0.15, -0.1) is 23.2 Å². The molecule has 0 spiro atoms. The largest absolute Gasteiger partial charge is 0.466 e. The summed E-state index contributed by atoms with van der Waals surface area (Å²) in [5.74, 6) is -0.537. The van der Waals surface area contributed by atoms with Gasteiger partial charge in [-0.2, -0.15) is 0 Å². The van der Waals surface area contributed by atoms with Crippen LogP contribution in [0.2, 0.25) is 0 Å². The normalized spacial score (nSPS) is 11.5. The van der Waals surface area contributed by atoms with Crippen molar-refractivity contribution in [1.82, 2.24) is 10.2 Å². The molecule has 0 radical (unpaired) electrons. The highest BCUT2D eigenvalue weighted by atomic mass is 35.5. The van der Waals surface area contributed by atoms with Gasteiger partial charge in [-0.1, -0.05) is 0 Å². The lowest BCUT2D eigenvalue weighted by atomic mass is 10.1. The fourth-order valence-corrected chi connectivity index (χ4v) is 2.15. The van der Waals surface area contributed by atoms with Gasteiger partial charge in [-0.25, -0.2) is 9.59 Å². The Morgan fingerprint density at radius 3 is 2.09 bits per heavy atom. The molecule has 0 aromatic carbocycles. The van der Waals surface area contributed by atoms with E-state index in [9.17, 15) is 14.4 Å². The molecule has 0 saturated carbocycles. The molecule has 0 saturated heterocycles. The molecule has 0 rings (SSSR count). The molecule has 1 N–H and O–H groups in total. The fraction of sp³-hybridized carbons (Fsp3) is 0.786. The van der Waals surface area contributed by atoms with Crippen molar-refractivity contribution in [2.75, 3.05) is 38.1 Å². The van der Waals surface area contributed by atoms with E-state index < -0.39 is 24.0 Å². The van der Waals surface area contributed by atoms with Crippen LogP contribution in [0.5, 0.6) is 0 Å². The Labute approximate surface area is 146 Å². The Morgan fingerprint density at radius 2 is 1.61 bits per heavy atom. The van der Waals surface area contributed by atoms with E-state index in [4.69, 9.17) is 32.7 Å². The molecule has 0 aliphatic heterocycles. The first kappa shape index (κ1) is 21.8. The molecule has 0 aromatic rings. The lowest BCUT2D eigenvalue weighted by molar-refractivity contribution is -0.146. The van der Waals surface area contributed by atoms with E-state index in [-0.39, 0.29) is 37.8 Å². The molecular formula is C14H24Cl2N2O5. The van der Waals surface area contributed by atoms with E-state index in [1.54, 1.807) is 13.8 Å². The third kappa shape index (κ3) is 9.50. The number of hydrogen-bond donors (Lipinski definition) is 1. The molecule has 0 aliphatic carbocycles. The summed E-state index contributed by atoms with van der Waals surface area (Å²) in [5, 5.41) is 2.56. The number of esters is 2. The van der Waals surface area contributed by atoms with E-state index in [0.29, 0.717) is 13.1 Å². The molecule has 23 heavy (non-hydrogen) atoms. The maximum Gasteiger partial charge on any atom is 0.328 e. The fourth-order valence-electron chi connectivity index (χ4n) is 1.75. The quantitative estimate of drug-likeness (QED) is 0.442. The van der Waals surface area contributed by atoms with Crippen LogP contribution in [0.15, 0.2) is 0 Å². The minimum absolute atomic E-state index is 0.00259. The molecule has 0 fully saturated rings. The van der Waals surface area contributed by atoms with Crippen molar-refractivity contribution in [3.05, 3.63) is 0 Å². The number of carbonyl (C=O) groups excluding carboxylic acids is 3. The maximum absolute atomic E-state index is 12.2. The van der Waals surface area contributed by atoms with Crippen molar-refractivity contribution >= 4 is 41.2 Å². The van der Waals surface area contributed by atoms with Crippen LogP contribution < -0.4 is 5.32 Å². The van der Waals surface area contributed by atoms with Crippen molar-refractivity contribution in [2.24, 2.45) is 0 Å². The zero-order chi connectivity index (χ0) is 17.7. The van der Waals surface area contributed by atoms with Gasteiger partial charge in [0.1, 0.15) is 6.04 Å². The molecule has 2 amide bonds. The van der Waals surface area contributed by atoms with E-state index >= 15 is 0 Å². The van der Waals surface area contributed by atoms with E-state index in [1.807, 2.05) is 0 Å². The minimum atomic E-state index is -0.931. The Kier molecular flexibility index (Phi) is 12.6. The van der Waals surface area contributed by atoms with Crippen molar-refractivity contribution in [2.45, 2.75) is 32.7 Å². The monoisotopic (exact) mass is 370 g/mol. The van der Waals surface area contributed by atoms with Crippen molar-refractivity contribution in [3.63, 3.8) is 0 Å². The van der Waals surface area contributed by atoms with Crippen molar-refractivity contribution < 1.29 is 23.9 Å². The molecule has 9 heteroatoms. The van der Waals surface area contributed by atoms with Crippen LogP contribution >= 0.6 is 23.2 Å². The molecule has 7 nitrogen and oxygen atoms in total. The Hall–Kier alpha value is -1.21. The summed E-state index contributed by atoms with van der Waals surface area (Å²) in [6.45, 7) is 4.39. The van der Waals surface area contributed by atoms with Crippen LogP contribution in [0.1, 0.15) is 26.7 Å². The second kappa shape index (κ2) is 13.2. The number of ether oxygens (including phenoxy) is 2. The number of nitrogens with one attached hydrogen (secondary N) is 1. The number of urea groups is 1. The smallest absolute Gasteiger partial charge is 0.328 e. The third-order valence-corrected chi connectivity index (χ3v) is 3.15. The predicted octanol–water partition coefficient (Wildman–Crippen LogP) is 1.75. The summed E-state index contributed by atoms with van der Waals surface area (Å²) in [6, 6.07) is -1.41. The minimum Gasteiger partial charge on any atom is -0.466 e. The zero-order valence-corrected chi connectivity index (χ0v) is 15.0. The molecule has 0 unspecified atom stereocenters. The van der Waals surface area contributed by atoms with Crippen LogP contribution in [0.25, 0.3) is 0 Å². The van der Waals surface area contributed by atoms with E-state index in [0.717, 1.165) is 0 Å². The van der Waals surface area contributed by atoms with Crippen LogP contribution in [0.3, 0.4) is 0 Å². The number of carbonyl (C=O) groups is 3. The number of nitrogens with zero attached hydrogens (tertiary/aromatic N) is 1. The summed E-state index contributed by atoms with van der Waals surface area (Å²) in [7, 11) is 0. The van der Waals surface area contributed by atoms with Crippen LogP contribution in [-0.2, 0) is 19.1 Å². The molecular weight excluding hydrogens is 347 g/mol. The standard InChI is InChI=1S/C14H24Cl2N2O5/c1-3-22-12(19)6-5-11(13(20)23-4-2)17-14(21)18(9-7-15)10-8-16/h11H,3-10H2,1-2H3,(H,17,21)/t11-/m1/s1. The highest BCUT2D eigenvalue weighted by Crippen LogP contribution is 2.04. The van der Waals surface area contributed by atoms with Crippen molar-refractivity contribution in [3.8, 4) is 0 Å². The summed E-state index contributed by atoms with van der Waals surface area (Å²) in [4.78, 5) is 36.9. The van der Waals surface area contributed by atoms with Gasteiger partial charge in [0.15, 0.2) is 0 Å². The number of rotatable bonds is 11. The Bertz CT molecular complexity index is 376. The lowest BCUT2D eigenvalue weighted by Gasteiger charge is -2.24. The SMILES string of the molecule is CCOC(=O)CC[C@@H](NC(=O)N(CCCl)CCCl)C(=O)OCC. The first-order valence-electron chi connectivity index (χ1n) is 7.49. The Balaban J connectivity index is 4.74. The average molecular weight is 371 g/mol. The van der Waals surface area contributed by atoms with Gasteiger partial charge in [0.2, 0.25) is 0 Å². The Morgan fingerprint density at radius 1 is 1.04 bits per heavy atom. The topological polar surface area (TPSA) is 84.9 Å². The summed E-state index contributed by atoms with van der Waals surface area (Å²) < 4.78 is 9.73. The van der Waals surface area contributed by atoms with Gasteiger partial charge in [0.25, 0.3) is 0 Å². The molecule has 0 bridgehead atoms. The van der Waals surface area contributed by atoms with Gasteiger partial charge >= 0.3 is 18.0 Å². The number of alkyl halides is 2. The van der Waals surface area contributed by atoms with Crippen molar-refractivity contribution in [1.29, 1.82) is 0 Å². The predicted molar refractivity (Wildman–Crippen MR) is 87.8 cm³/mol. The number of halogens is 2. The van der Waals surface area contributed by atoms with Crippen LogP contribution in [0.4, 0.5) is 4.79 Å². The maximum atomic E-state index is 12.2. The van der Waals surface area contributed by atoms with Gasteiger partial charge < -0.3 is 19.7 Å². The molecule has 134 valence electrons. The summed E-state index contributed by atoms with van der Waals surface area (Å²) in [6.07, 6.45) is 0.0988. The number of amides is 2. The highest BCUT2D eigenvalue weighted by Gasteiger charge is 2.25. The van der Waals surface area contributed by atoms with Crippen LogP contribution in [0, 0.1) is 0 Å². The first-order valence-corrected chi connectivity index (χ1v) is 8.56. The molecule has 0 aliphatic rings. The third-order valence-electron chi connectivity index (χ3n) is 2.81. The zero-order valence-electron chi connectivity index (χ0n) is 13.5. The van der Waals surface area contributed by atoms with Crippen LogP contribution in [-0.4, -0.2) is 67.0 Å². The number of hydrogen-bond acceptors (Lipinski definition) is 5. The summed E-state index contributed by atoms with van der Waals surface area (Å²) >= 11 is 11.3.